The average molecular weight is 569 g/mol. The van der Waals surface area contributed by atoms with Crippen LogP contribution < -0.4 is 10.5 Å². The maximum absolute atomic E-state index is 14.3. The predicted molar refractivity (Wildman–Crippen MR) is 146 cm³/mol. The molecule has 2 aromatic heterocycles. The first-order valence-corrected chi connectivity index (χ1v) is 13.2. The van der Waals surface area contributed by atoms with Crippen molar-refractivity contribution in [2.45, 2.75) is 25.7 Å². The Labute approximate surface area is 235 Å². The van der Waals surface area contributed by atoms with Gasteiger partial charge in [0.25, 0.3) is 5.91 Å². The third-order valence-corrected chi connectivity index (χ3v) is 7.53. The molecule has 12 heteroatoms. The van der Waals surface area contributed by atoms with E-state index in [1.165, 1.54) is 14.0 Å². The number of hydrogen-bond acceptors (Lipinski definition) is 7. The fourth-order valence-electron chi connectivity index (χ4n) is 5.35. The number of alkyl halides is 3. The van der Waals surface area contributed by atoms with Crippen LogP contribution in [-0.4, -0.2) is 75.3 Å². The Bertz CT molecular complexity index is 1550. The summed E-state index contributed by atoms with van der Waals surface area (Å²) in [6.45, 7) is 3.23. The van der Waals surface area contributed by atoms with E-state index in [9.17, 15) is 23.1 Å². The van der Waals surface area contributed by atoms with Crippen LogP contribution in [0.1, 0.15) is 38.8 Å². The lowest BCUT2D eigenvalue weighted by Gasteiger charge is -2.38. The van der Waals surface area contributed by atoms with E-state index in [-0.39, 0.29) is 35.1 Å². The Morgan fingerprint density at radius 1 is 1.12 bits per heavy atom. The largest absolute Gasteiger partial charge is 0.497 e. The molecule has 1 fully saturated rings. The molecule has 0 spiro atoms. The van der Waals surface area contributed by atoms with Crippen LogP contribution >= 0.6 is 0 Å². The molecule has 3 heterocycles. The summed E-state index contributed by atoms with van der Waals surface area (Å²) in [5.74, 6) is 0.105. The number of piperazine rings is 1. The van der Waals surface area contributed by atoms with Gasteiger partial charge in [-0.1, -0.05) is 24.3 Å². The zero-order valence-corrected chi connectivity index (χ0v) is 22.7. The molecule has 0 unspecified atom stereocenters. The van der Waals surface area contributed by atoms with Crippen LogP contribution in [-0.2, 0) is 12.7 Å². The van der Waals surface area contributed by atoms with E-state index < -0.39 is 17.8 Å². The molecule has 1 aliphatic heterocycles. The first-order chi connectivity index (χ1) is 19.7. The number of aliphatic hydroxyl groups is 1. The van der Waals surface area contributed by atoms with Gasteiger partial charge in [0.1, 0.15) is 11.3 Å². The number of ether oxygens (including phenoxy) is 1. The van der Waals surface area contributed by atoms with Crippen molar-refractivity contribution in [1.82, 2.24) is 24.4 Å². The molecular formula is C29H31F3N6O3. The molecule has 0 aliphatic carbocycles. The second-order valence-corrected chi connectivity index (χ2v) is 9.93. The van der Waals surface area contributed by atoms with Crippen molar-refractivity contribution in [3.63, 3.8) is 0 Å². The Morgan fingerprint density at radius 2 is 1.83 bits per heavy atom. The third kappa shape index (κ3) is 5.50. The van der Waals surface area contributed by atoms with Crippen molar-refractivity contribution in [3.05, 3.63) is 82.7 Å². The quantitative estimate of drug-likeness (QED) is 0.350. The minimum atomic E-state index is -4.73. The number of rotatable bonds is 7. The zero-order chi connectivity index (χ0) is 29.3. The molecule has 1 aliphatic rings. The van der Waals surface area contributed by atoms with Gasteiger partial charge >= 0.3 is 6.18 Å². The normalized spacial score (nSPS) is 15.3. The predicted octanol–water partition coefficient (Wildman–Crippen LogP) is 3.68. The smallest absolute Gasteiger partial charge is 0.433 e. The summed E-state index contributed by atoms with van der Waals surface area (Å²) in [5.41, 5.74) is 6.98. The van der Waals surface area contributed by atoms with E-state index >= 15 is 0 Å². The summed E-state index contributed by atoms with van der Waals surface area (Å²) in [4.78, 5) is 21.8. The number of amides is 1. The number of nitrogens with zero attached hydrogens (tertiary/aromatic N) is 5. The van der Waals surface area contributed by atoms with E-state index in [0.717, 1.165) is 17.3 Å². The van der Waals surface area contributed by atoms with Crippen LogP contribution in [0.15, 0.2) is 54.7 Å². The Morgan fingerprint density at radius 3 is 2.44 bits per heavy atom. The third-order valence-electron chi connectivity index (χ3n) is 7.53. The molecular weight excluding hydrogens is 537 g/mol. The number of aliphatic hydroxyl groups excluding tert-OH is 1. The molecule has 3 N–H and O–H groups in total. The van der Waals surface area contributed by atoms with Crippen LogP contribution in [0.4, 0.5) is 13.2 Å². The molecule has 216 valence electrons. The number of carbonyl (C=O) groups is 1. The van der Waals surface area contributed by atoms with Crippen molar-refractivity contribution in [1.29, 1.82) is 0 Å². The summed E-state index contributed by atoms with van der Waals surface area (Å²) in [5, 5.41) is 14.1. The molecule has 5 rings (SSSR count). The number of carbonyl (C=O) groups excluding carboxylic acids is 1. The lowest BCUT2D eigenvalue weighted by molar-refractivity contribution is -0.143. The van der Waals surface area contributed by atoms with Gasteiger partial charge in [-0.2, -0.15) is 18.3 Å². The molecule has 0 saturated carbocycles. The van der Waals surface area contributed by atoms with Crippen molar-refractivity contribution in [2.24, 2.45) is 5.73 Å². The van der Waals surface area contributed by atoms with Crippen molar-refractivity contribution < 1.29 is 27.8 Å². The molecule has 1 saturated heterocycles. The highest BCUT2D eigenvalue weighted by atomic mass is 19.4. The van der Waals surface area contributed by atoms with E-state index in [1.54, 1.807) is 29.2 Å². The Hall–Kier alpha value is -4.00. The Kier molecular flexibility index (Phi) is 7.98. The molecule has 4 aromatic rings. The minimum absolute atomic E-state index is 0.00642. The van der Waals surface area contributed by atoms with Crippen LogP contribution in [0.25, 0.3) is 16.9 Å². The topological polar surface area (TPSA) is 109 Å². The van der Waals surface area contributed by atoms with E-state index in [0.29, 0.717) is 48.6 Å². The monoisotopic (exact) mass is 568 g/mol. The summed E-state index contributed by atoms with van der Waals surface area (Å²) in [7, 11) is 1.50. The molecule has 41 heavy (non-hydrogen) atoms. The standard InChI is InChI=1S/C29H31F3N6O3/c1-18-25(20-6-8-22(41-2)9-7-20)35-27-23(16-34-38(27)26(18)29(30,31)32)28(40)37-12-10-36(11-13-37)24(17-39)21-5-3-4-19(14-21)15-33/h3-9,14,16,24,39H,10-13,15,17,33H2,1-2H3/t24-/m1/s1. The van der Waals surface area contributed by atoms with Gasteiger partial charge in [0.15, 0.2) is 11.3 Å². The number of fused-ring (bicyclic) bond motifs is 1. The summed E-state index contributed by atoms with van der Waals surface area (Å²) in [6, 6.07) is 14.0. The fourth-order valence-corrected chi connectivity index (χ4v) is 5.35. The number of benzene rings is 2. The summed E-state index contributed by atoms with van der Waals surface area (Å²) < 4.78 is 48.7. The van der Waals surface area contributed by atoms with Crippen molar-refractivity contribution in [3.8, 4) is 17.0 Å². The van der Waals surface area contributed by atoms with Gasteiger partial charge in [0.2, 0.25) is 0 Å². The van der Waals surface area contributed by atoms with Gasteiger partial charge < -0.3 is 20.5 Å². The van der Waals surface area contributed by atoms with Gasteiger partial charge in [-0.3, -0.25) is 9.69 Å². The maximum Gasteiger partial charge on any atom is 0.433 e. The number of nitrogens with two attached hydrogens (primary N) is 1. The lowest BCUT2D eigenvalue weighted by atomic mass is 10.0. The summed E-state index contributed by atoms with van der Waals surface area (Å²) >= 11 is 0. The summed E-state index contributed by atoms with van der Waals surface area (Å²) in [6.07, 6.45) is -3.58. The van der Waals surface area contributed by atoms with E-state index in [1.807, 2.05) is 24.3 Å². The van der Waals surface area contributed by atoms with E-state index in [2.05, 4.69) is 15.0 Å². The van der Waals surface area contributed by atoms with Crippen LogP contribution in [0, 0.1) is 6.92 Å². The SMILES string of the molecule is COc1ccc(-c2nc3c(C(=O)N4CCN([C@H](CO)c5cccc(CN)c5)CC4)cnn3c(C(F)(F)F)c2C)cc1. The molecule has 0 radical (unpaired) electrons. The van der Waals surface area contributed by atoms with Gasteiger partial charge in [0.05, 0.1) is 31.6 Å². The number of methoxy groups -OCH3 is 1. The molecule has 2 aromatic carbocycles. The van der Waals surface area contributed by atoms with Crippen LogP contribution in [0.3, 0.4) is 0 Å². The highest BCUT2D eigenvalue weighted by Crippen LogP contribution is 2.37. The minimum Gasteiger partial charge on any atom is -0.497 e. The van der Waals surface area contributed by atoms with Gasteiger partial charge in [-0.15, -0.1) is 0 Å². The van der Waals surface area contributed by atoms with Crippen molar-refractivity contribution in [2.75, 3.05) is 39.9 Å². The maximum atomic E-state index is 14.3. The second kappa shape index (κ2) is 11.5. The molecule has 1 amide bonds. The molecule has 0 bridgehead atoms. The van der Waals surface area contributed by atoms with E-state index in [4.69, 9.17) is 10.5 Å². The Balaban J connectivity index is 1.44. The zero-order valence-electron chi connectivity index (χ0n) is 22.7. The van der Waals surface area contributed by atoms with Gasteiger partial charge in [-0.05, 0) is 42.3 Å². The van der Waals surface area contributed by atoms with Gasteiger partial charge in [-0.25, -0.2) is 9.50 Å². The first-order valence-electron chi connectivity index (χ1n) is 13.2. The fraction of sp³-hybridized carbons (Fsp3) is 0.345. The number of aromatic nitrogens is 3. The van der Waals surface area contributed by atoms with Crippen LogP contribution in [0.5, 0.6) is 5.75 Å². The number of hydrogen-bond donors (Lipinski definition) is 2. The van der Waals surface area contributed by atoms with Crippen molar-refractivity contribution >= 4 is 11.6 Å². The highest BCUT2D eigenvalue weighted by molar-refractivity contribution is 6.00. The van der Waals surface area contributed by atoms with Gasteiger partial charge in [0, 0.05) is 43.9 Å². The average Bonchev–Trinajstić information content (AvgIpc) is 3.39. The molecule has 9 nitrogen and oxygen atoms in total. The lowest BCUT2D eigenvalue weighted by Crippen LogP contribution is -2.50. The number of halogens is 3. The molecule has 1 atom stereocenters. The first kappa shape index (κ1) is 28.5. The highest BCUT2D eigenvalue weighted by Gasteiger charge is 2.39. The van der Waals surface area contributed by atoms with Crippen LogP contribution in [0.2, 0.25) is 0 Å². The second-order valence-electron chi connectivity index (χ2n) is 9.93.